The van der Waals surface area contributed by atoms with Gasteiger partial charge in [-0.15, -0.1) is 11.3 Å². The molecule has 3 rings (SSSR count). The van der Waals surface area contributed by atoms with Crippen LogP contribution in [0.25, 0.3) is 11.1 Å². The van der Waals surface area contributed by atoms with Crippen LogP contribution in [-0.4, -0.2) is 31.1 Å². The lowest BCUT2D eigenvalue weighted by molar-refractivity contribution is 0.0603. The molecular formula is C17H19ClN2O2S. The highest BCUT2D eigenvalue weighted by atomic mass is 35.5. The predicted octanol–water partition coefficient (Wildman–Crippen LogP) is 4.03. The van der Waals surface area contributed by atoms with Crippen LogP contribution in [0.3, 0.4) is 0 Å². The number of rotatable bonds is 4. The number of anilines is 1. The third-order valence-corrected chi connectivity index (χ3v) is 5.35. The van der Waals surface area contributed by atoms with Gasteiger partial charge in [0.2, 0.25) is 0 Å². The van der Waals surface area contributed by atoms with Crippen LogP contribution in [0.1, 0.15) is 28.1 Å². The molecule has 0 spiro atoms. The van der Waals surface area contributed by atoms with E-state index in [9.17, 15) is 4.79 Å². The second-order valence-electron chi connectivity index (χ2n) is 5.62. The van der Waals surface area contributed by atoms with Crippen LogP contribution in [-0.2, 0) is 11.3 Å². The Bertz CT molecular complexity index is 706. The molecule has 0 amide bonds. The van der Waals surface area contributed by atoms with E-state index in [1.165, 1.54) is 31.3 Å². The summed E-state index contributed by atoms with van der Waals surface area (Å²) in [7, 11) is 1.38. The first-order chi connectivity index (χ1) is 11.1. The smallest absolute Gasteiger partial charge is 0.341 e. The molecule has 2 heterocycles. The van der Waals surface area contributed by atoms with Crippen LogP contribution in [0.5, 0.6) is 0 Å². The van der Waals surface area contributed by atoms with Crippen molar-refractivity contribution in [3.8, 4) is 11.1 Å². The fraction of sp³-hybridized carbons (Fsp3) is 0.353. The molecule has 122 valence electrons. The second-order valence-corrected chi connectivity index (χ2v) is 7.19. The molecule has 1 saturated heterocycles. The molecular weight excluding hydrogens is 332 g/mol. The Balaban J connectivity index is 2.07. The van der Waals surface area contributed by atoms with Gasteiger partial charge in [-0.2, -0.15) is 0 Å². The SMILES string of the molecule is COC(=O)c1c(N)sc(CN2CCCC2)c1-c1ccc(Cl)cc1. The summed E-state index contributed by atoms with van der Waals surface area (Å²) in [5.74, 6) is -0.392. The fourth-order valence-corrected chi connectivity index (χ4v) is 4.23. The van der Waals surface area contributed by atoms with E-state index >= 15 is 0 Å². The number of carbonyl (C=O) groups excluding carboxylic acids is 1. The topological polar surface area (TPSA) is 55.6 Å². The average molecular weight is 351 g/mol. The fourth-order valence-electron chi connectivity index (χ4n) is 2.98. The number of hydrogen-bond acceptors (Lipinski definition) is 5. The Kier molecular flexibility index (Phi) is 4.90. The number of methoxy groups -OCH3 is 1. The maximum atomic E-state index is 12.2. The van der Waals surface area contributed by atoms with Crippen LogP contribution in [0.4, 0.5) is 5.00 Å². The Morgan fingerprint density at radius 1 is 1.30 bits per heavy atom. The molecule has 6 heteroatoms. The largest absolute Gasteiger partial charge is 0.465 e. The van der Waals surface area contributed by atoms with E-state index in [2.05, 4.69) is 4.90 Å². The molecule has 4 nitrogen and oxygen atoms in total. The van der Waals surface area contributed by atoms with Crippen LogP contribution < -0.4 is 5.73 Å². The van der Waals surface area contributed by atoms with Gasteiger partial charge in [-0.3, -0.25) is 4.90 Å². The van der Waals surface area contributed by atoms with Crippen molar-refractivity contribution in [2.75, 3.05) is 25.9 Å². The van der Waals surface area contributed by atoms with Gasteiger partial charge in [0, 0.05) is 22.0 Å². The summed E-state index contributed by atoms with van der Waals surface area (Å²) in [5, 5.41) is 1.17. The number of thiophene rings is 1. The number of carbonyl (C=O) groups is 1. The number of benzene rings is 1. The summed E-state index contributed by atoms with van der Waals surface area (Å²) in [6.07, 6.45) is 2.45. The Morgan fingerprint density at radius 2 is 1.96 bits per heavy atom. The van der Waals surface area contributed by atoms with Crippen LogP contribution in [0.15, 0.2) is 24.3 Å². The maximum absolute atomic E-state index is 12.2. The molecule has 1 aromatic heterocycles. The number of nitrogens with two attached hydrogens (primary N) is 1. The van der Waals surface area contributed by atoms with Gasteiger partial charge in [-0.25, -0.2) is 4.79 Å². The first-order valence-corrected chi connectivity index (χ1v) is 8.77. The Labute approximate surface area is 144 Å². The van der Waals surface area contributed by atoms with Gasteiger partial charge in [0.1, 0.15) is 10.6 Å². The molecule has 1 aliphatic heterocycles. The first-order valence-electron chi connectivity index (χ1n) is 7.58. The molecule has 0 radical (unpaired) electrons. The van der Waals surface area contributed by atoms with Crippen LogP contribution in [0.2, 0.25) is 5.02 Å². The first kappa shape index (κ1) is 16.3. The van der Waals surface area contributed by atoms with Gasteiger partial charge in [0.25, 0.3) is 0 Å². The van der Waals surface area contributed by atoms with E-state index < -0.39 is 5.97 Å². The highest BCUT2D eigenvalue weighted by molar-refractivity contribution is 7.17. The number of nitrogen functional groups attached to an aromatic ring is 1. The minimum atomic E-state index is -0.392. The molecule has 0 aliphatic carbocycles. The number of ether oxygens (including phenoxy) is 1. The number of hydrogen-bond donors (Lipinski definition) is 1. The molecule has 0 bridgehead atoms. The zero-order valence-corrected chi connectivity index (χ0v) is 14.5. The van der Waals surface area contributed by atoms with Crippen LogP contribution >= 0.6 is 22.9 Å². The van der Waals surface area contributed by atoms with Gasteiger partial charge < -0.3 is 10.5 Å². The predicted molar refractivity (Wildman–Crippen MR) is 95.0 cm³/mol. The summed E-state index contributed by atoms with van der Waals surface area (Å²) in [5.41, 5.74) is 8.42. The van der Waals surface area contributed by atoms with Gasteiger partial charge >= 0.3 is 5.97 Å². The van der Waals surface area contributed by atoms with Crippen LogP contribution in [0, 0.1) is 0 Å². The number of nitrogens with zero attached hydrogens (tertiary/aromatic N) is 1. The summed E-state index contributed by atoms with van der Waals surface area (Å²) in [6, 6.07) is 7.49. The Hall–Kier alpha value is -1.56. The molecule has 0 atom stereocenters. The van der Waals surface area contributed by atoms with Crippen molar-refractivity contribution in [1.29, 1.82) is 0 Å². The maximum Gasteiger partial charge on any atom is 0.341 e. The van der Waals surface area contributed by atoms with E-state index in [1.54, 1.807) is 0 Å². The van der Waals surface area contributed by atoms with E-state index in [0.29, 0.717) is 15.6 Å². The third kappa shape index (κ3) is 3.37. The molecule has 2 N–H and O–H groups in total. The normalized spacial score (nSPS) is 15.0. The lowest BCUT2D eigenvalue weighted by Crippen LogP contribution is -2.18. The van der Waals surface area contributed by atoms with Crippen molar-refractivity contribution in [2.24, 2.45) is 0 Å². The van der Waals surface area contributed by atoms with Crippen molar-refractivity contribution in [3.05, 3.63) is 39.7 Å². The molecule has 2 aromatic rings. The van der Waals surface area contributed by atoms with Gasteiger partial charge in [0.05, 0.1) is 7.11 Å². The third-order valence-electron chi connectivity index (χ3n) is 4.10. The van der Waals surface area contributed by atoms with Crippen molar-refractivity contribution < 1.29 is 9.53 Å². The summed E-state index contributed by atoms with van der Waals surface area (Å²) >= 11 is 7.46. The Morgan fingerprint density at radius 3 is 2.57 bits per heavy atom. The quantitative estimate of drug-likeness (QED) is 0.846. The lowest BCUT2D eigenvalue weighted by atomic mass is 10.0. The number of likely N-dealkylation sites (tertiary alicyclic amines) is 1. The minimum Gasteiger partial charge on any atom is -0.465 e. The van der Waals surface area contributed by atoms with E-state index in [0.717, 1.165) is 35.6 Å². The molecule has 23 heavy (non-hydrogen) atoms. The van der Waals surface area contributed by atoms with E-state index in [-0.39, 0.29) is 0 Å². The standard InChI is InChI=1S/C17H19ClN2O2S/c1-22-17(21)15-14(11-4-6-12(18)7-5-11)13(23-16(15)19)10-20-8-2-3-9-20/h4-7H,2-3,8-10,19H2,1H3. The monoisotopic (exact) mass is 350 g/mol. The summed E-state index contributed by atoms with van der Waals surface area (Å²) < 4.78 is 4.93. The van der Waals surface area contributed by atoms with Crippen molar-refractivity contribution in [3.63, 3.8) is 0 Å². The summed E-state index contributed by atoms with van der Waals surface area (Å²) in [6.45, 7) is 2.99. The summed E-state index contributed by atoms with van der Waals surface area (Å²) in [4.78, 5) is 15.7. The number of esters is 1. The molecule has 0 unspecified atom stereocenters. The molecule has 1 fully saturated rings. The second kappa shape index (κ2) is 6.91. The highest BCUT2D eigenvalue weighted by Crippen LogP contribution is 2.40. The molecule has 1 aromatic carbocycles. The molecule has 1 aliphatic rings. The van der Waals surface area contributed by atoms with Crippen molar-refractivity contribution in [1.82, 2.24) is 4.90 Å². The van der Waals surface area contributed by atoms with Gasteiger partial charge in [-0.05, 0) is 43.6 Å². The van der Waals surface area contributed by atoms with E-state index in [4.69, 9.17) is 22.1 Å². The molecule has 0 saturated carbocycles. The zero-order valence-electron chi connectivity index (χ0n) is 13.0. The van der Waals surface area contributed by atoms with Crippen molar-refractivity contribution in [2.45, 2.75) is 19.4 Å². The van der Waals surface area contributed by atoms with E-state index in [1.807, 2.05) is 24.3 Å². The zero-order chi connectivity index (χ0) is 16.4. The highest BCUT2D eigenvalue weighted by Gasteiger charge is 2.25. The lowest BCUT2D eigenvalue weighted by Gasteiger charge is -2.15. The average Bonchev–Trinajstić information content (AvgIpc) is 3.15. The number of halogens is 1. The van der Waals surface area contributed by atoms with Gasteiger partial charge in [-0.1, -0.05) is 23.7 Å². The van der Waals surface area contributed by atoms with Crippen molar-refractivity contribution >= 4 is 33.9 Å². The minimum absolute atomic E-state index is 0.392. The van der Waals surface area contributed by atoms with Gasteiger partial charge in [0.15, 0.2) is 0 Å².